The van der Waals surface area contributed by atoms with Crippen molar-refractivity contribution >= 4 is 32.4 Å². The van der Waals surface area contributed by atoms with Crippen LogP contribution in [0.4, 0.5) is 10.8 Å². The predicted molar refractivity (Wildman–Crippen MR) is 80.4 cm³/mol. The van der Waals surface area contributed by atoms with E-state index in [0.29, 0.717) is 10.8 Å². The van der Waals surface area contributed by atoms with Crippen molar-refractivity contribution < 1.29 is 4.74 Å². The van der Waals surface area contributed by atoms with E-state index in [9.17, 15) is 0 Å². The van der Waals surface area contributed by atoms with Crippen LogP contribution < -0.4 is 16.2 Å². The van der Waals surface area contributed by atoms with Crippen molar-refractivity contribution in [2.45, 2.75) is 0 Å². The molecule has 4 nitrogen and oxygen atoms in total. The third-order valence-electron chi connectivity index (χ3n) is 2.94. The zero-order valence-corrected chi connectivity index (χ0v) is 11.2. The maximum atomic E-state index is 5.77. The number of thiazole rings is 1. The monoisotopic (exact) mass is 271 g/mol. The Morgan fingerprint density at radius 1 is 1.11 bits per heavy atom. The van der Waals surface area contributed by atoms with Gasteiger partial charge in [0.1, 0.15) is 5.75 Å². The zero-order chi connectivity index (χ0) is 13.4. The van der Waals surface area contributed by atoms with E-state index in [-0.39, 0.29) is 0 Å². The van der Waals surface area contributed by atoms with Gasteiger partial charge < -0.3 is 16.2 Å². The lowest BCUT2D eigenvalue weighted by Gasteiger charge is -2.09. The van der Waals surface area contributed by atoms with E-state index in [0.717, 1.165) is 27.1 Å². The molecule has 1 aromatic heterocycles. The topological polar surface area (TPSA) is 74.2 Å². The molecule has 5 heteroatoms. The van der Waals surface area contributed by atoms with Crippen LogP contribution in [-0.2, 0) is 0 Å². The Labute approximate surface area is 114 Å². The molecule has 0 unspecified atom stereocenters. The molecule has 0 radical (unpaired) electrons. The summed E-state index contributed by atoms with van der Waals surface area (Å²) >= 11 is 1.48. The van der Waals surface area contributed by atoms with Crippen LogP contribution in [0.15, 0.2) is 36.4 Å². The smallest absolute Gasteiger partial charge is 0.181 e. The lowest BCUT2D eigenvalue weighted by atomic mass is 10.0. The first-order chi connectivity index (χ1) is 9.17. The molecule has 0 saturated heterocycles. The van der Waals surface area contributed by atoms with E-state index < -0.39 is 0 Å². The molecule has 0 spiro atoms. The molecule has 19 heavy (non-hydrogen) atoms. The van der Waals surface area contributed by atoms with Crippen molar-refractivity contribution in [3.8, 4) is 16.9 Å². The first-order valence-electron chi connectivity index (χ1n) is 5.77. The van der Waals surface area contributed by atoms with Crippen LogP contribution in [0.2, 0.25) is 0 Å². The number of fused-ring (bicyclic) bond motifs is 1. The predicted octanol–water partition coefficient (Wildman–Crippen LogP) is 3.14. The molecule has 1 heterocycles. The fourth-order valence-electron chi connectivity index (χ4n) is 2.06. The Bertz CT molecular complexity index is 752. The normalized spacial score (nSPS) is 10.8. The number of methoxy groups -OCH3 is 1. The summed E-state index contributed by atoms with van der Waals surface area (Å²) in [7, 11) is 1.64. The van der Waals surface area contributed by atoms with E-state index in [2.05, 4.69) is 11.1 Å². The third-order valence-corrected chi connectivity index (χ3v) is 3.79. The minimum atomic E-state index is 0.580. The molecule has 2 aromatic carbocycles. The second kappa shape index (κ2) is 4.44. The maximum absolute atomic E-state index is 5.77. The number of hydrogen-bond acceptors (Lipinski definition) is 5. The SMILES string of the molecule is COc1cc(N)ccc1-c1ccc2nc(N)sc2c1. The Kier molecular flexibility index (Phi) is 2.76. The highest BCUT2D eigenvalue weighted by Crippen LogP contribution is 2.34. The highest BCUT2D eigenvalue weighted by molar-refractivity contribution is 7.22. The molecule has 0 aliphatic heterocycles. The van der Waals surface area contributed by atoms with Crippen LogP contribution in [0.5, 0.6) is 5.75 Å². The molecule has 96 valence electrons. The summed E-state index contributed by atoms with van der Waals surface area (Å²) in [5.74, 6) is 0.761. The number of nitrogens with two attached hydrogens (primary N) is 2. The fourth-order valence-corrected chi connectivity index (χ4v) is 2.83. The number of benzene rings is 2. The zero-order valence-electron chi connectivity index (χ0n) is 10.4. The molecule has 3 rings (SSSR count). The minimum Gasteiger partial charge on any atom is -0.496 e. The third kappa shape index (κ3) is 2.08. The van der Waals surface area contributed by atoms with E-state index in [1.54, 1.807) is 7.11 Å². The first-order valence-corrected chi connectivity index (χ1v) is 6.59. The van der Waals surface area contributed by atoms with Crippen molar-refractivity contribution in [2.75, 3.05) is 18.6 Å². The molecule has 0 bridgehead atoms. The Hall–Kier alpha value is -2.27. The Morgan fingerprint density at radius 3 is 2.74 bits per heavy atom. The van der Waals surface area contributed by atoms with E-state index in [1.165, 1.54) is 11.3 Å². The summed E-state index contributed by atoms with van der Waals surface area (Å²) in [6.45, 7) is 0. The number of nitrogen functional groups attached to an aromatic ring is 2. The van der Waals surface area contributed by atoms with E-state index >= 15 is 0 Å². The summed E-state index contributed by atoms with van der Waals surface area (Å²) < 4.78 is 6.44. The molecule has 0 saturated carbocycles. The first kappa shape index (κ1) is 11.8. The van der Waals surface area contributed by atoms with E-state index in [1.807, 2.05) is 30.3 Å². The maximum Gasteiger partial charge on any atom is 0.181 e. The van der Waals surface area contributed by atoms with E-state index in [4.69, 9.17) is 16.2 Å². The van der Waals surface area contributed by atoms with Gasteiger partial charge in [-0.3, -0.25) is 0 Å². The quantitative estimate of drug-likeness (QED) is 0.702. The fraction of sp³-hybridized carbons (Fsp3) is 0.0714. The molecule has 4 N–H and O–H groups in total. The van der Waals surface area contributed by atoms with Gasteiger partial charge in [0.05, 0.1) is 17.3 Å². The van der Waals surface area contributed by atoms with Crippen LogP contribution in [0.3, 0.4) is 0 Å². The van der Waals surface area contributed by atoms with Crippen LogP contribution in [0.25, 0.3) is 21.3 Å². The summed E-state index contributed by atoms with van der Waals surface area (Å²) in [4.78, 5) is 4.25. The number of rotatable bonds is 2. The van der Waals surface area contributed by atoms with Crippen LogP contribution in [0, 0.1) is 0 Å². The Balaban J connectivity index is 2.18. The molecular weight excluding hydrogens is 258 g/mol. The Morgan fingerprint density at radius 2 is 1.95 bits per heavy atom. The van der Waals surface area contributed by atoms with Gasteiger partial charge in [-0.15, -0.1) is 0 Å². The van der Waals surface area contributed by atoms with Gasteiger partial charge in [0, 0.05) is 17.3 Å². The number of hydrogen-bond donors (Lipinski definition) is 2. The summed E-state index contributed by atoms with van der Waals surface area (Å²) in [5.41, 5.74) is 15.2. The second-order valence-corrected chi connectivity index (χ2v) is 5.26. The largest absolute Gasteiger partial charge is 0.496 e. The lowest BCUT2D eigenvalue weighted by molar-refractivity contribution is 0.416. The minimum absolute atomic E-state index is 0.580. The van der Waals surface area contributed by atoms with Gasteiger partial charge in [0.2, 0.25) is 0 Å². The van der Waals surface area contributed by atoms with Crippen molar-refractivity contribution in [2.24, 2.45) is 0 Å². The number of anilines is 2. The number of nitrogens with zero attached hydrogens (tertiary/aromatic N) is 1. The highest BCUT2D eigenvalue weighted by atomic mass is 32.1. The average Bonchev–Trinajstić information content (AvgIpc) is 2.77. The summed E-state index contributed by atoms with van der Waals surface area (Å²) in [6.07, 6.45) is 0. The molecule has 0 atom stereocenters. The van der Waals surface area contributed by atoms with Crippen LogP contribution in [-0.4, -0.2) is 12.1 Å². The van der Waals surface area contributed by atoms with Crippen molar-refractivity contribution in [1.29, 1.82) is 0 Å². The van der Waals surface area contributed by atoms with Gasteiger partial charge in [-0.2, -0.15) is 0 Å². The van der Waals surface area contributed by atoms with Gasteiger partial charge in [-0.05, 0) is 29.8 Å². The van der Waals surface area contributed by atoms with Gasteiger partial charge in [0.25, 0.3) is 0 Å². The number of aromatic nitrogens is 1. The van der Waals surface area contributed by atoms with Gasteiger partial charge in [-0.1, -0.05) is 17.4 Å². The van der Waals surface area contributed by atoms with Gasteiger partial charge >= 0.3 is 0 Å². The molecule has 0 amide bonds. The van der Waals surface area contributed by atoms with Gasteiger partial charge in [0.15, 0.2) is 5.13 Å². The standard InChI is InChI=1S/C14H13N3OS/c1-18-12-7-9(15)3-4-10(12)8-2-5-11-13(6-8)19-14(16)17-11/h2-7H,15H2,1H3,(H2,16,17). The second-order valence-electron chi connectivity index (χ2n) is 4.19. The molecule has 0 fully saturated rings. The molecule has 0 aliphatic rings. The van der Waals surface area contributed by atoms with Crippen molar-refractivity contribution in [3.05, 3.63) is 36.4 Å². The summed E-state index contributed by atoms with van der Waals surface area (Å²) in [5, 5.41) is 0.580. The van der Waals surface area contributed by atoms with Gasteiger partial charge in [-0.25, -0.2) is 4.98 Å². The average molecular weight is 271 g/mol. The molecular formula is C14H13N3OS. The van der Waals surface area contributed by atoms with Crippen molar-refractivity contribution in [3.63, 3.8) is 0 Å². The van der Waals surface area contributed by atoms with Crippen LogP contribution in [0.1, 0.15) is 0 Å². The van der Waals surface area contributed by atoms with Crippen LogP contribution >= 0.6 is 11.3 Å². The molecule has 0 aliphatic carbocycles. The number of ether oxygens (including phenoxy) is 1. The highest BCUT2D eigenvalue weighted by Gasteiger charge is 2.08. The lowest BCUT2D eigenvalue weighted by Crippen LogP contribution is -1.91. The van der Waals surface area contributed by atoms with Crippen molar-refractivity contribution in [1.82, 2.24) is 4.98 Å². The molecule has 3 aromatic rings. The summed E-state index contributed by atoms with van der Waals surface area (Å²) in [6, 6.07) is 11.7.